The van der Waals surface area contributed by atoms with Crippen molar-refractivity contribution in [1.29, 1.82) is 0 Å². The predicted octanol–water partition coefficient (Wildman–Crippen LogP) is 6.99. The second kappa shape index (κ2) is 17.9. The maximum atomic E-state index is 11.8. The van der Waals surface area contributed by atoms with Crippen LogP contribution in [0.2, 0.25) is 0 Å². The molecule has 0 amide bonds. The minimum atomic E-state index is -4.07. The van der Waals surface area contributed by atoms with Crippen molar-refractivity contribution in [1.82, 2.24) is 4.90 Å². The summed E-state index contributed by atoms with van der Waals surface area (Å²) in [5, 5.41) is 0. The smallest absolute Gasteiger partial charge is 0.293 e. The number of halogens is 3. The van der Waals surface area contributed by atoms with Crippen molar-refractivity contribution < 1.29 is 45.9 Å². The van der Waals surface area contributed by atoms with E-state index in [1.54, 1.807) is 20.8 Å². The van der Waals surface area contributed by atoms with Crippen LogP contribution < -0.4 is 0 Å². The van der Waals surface area contributed by atoms with Crippen molar-refractivity contribution >= 4 is 0 Å². The van der Waals surface area contributed by atoms with Gasteiger partial charge in [-0.15, -0.1) is 0 Å². The number of alkyl halides is 3. The Kier molecular flexibility index (Phi) is 26.3. The first-order valence-electron chi connectivity index (χ1n) is 7.03. The number of hydrogen-bond acceptors (Lipinski definition) is 1. The zero-order valence-corrected chi connectivity index (χ0v) is 16.5. The van der Waals surface area contributed by atoms with E-state index >= 15 is 0 Å². The van der Waals surface area contributed by atoms with Gasteiger partial charge in [0, 0.05) is 38.8 Å². The summed E-state index contributed by atoms with van der Waals surface area (Å²) in [7, 11) is 0. The fraction of sp³-hybridized carbons (Fsp3) is 0.684. The van der Waals surface area contributed by atoms with Gasteiger partial charge in [-0.3, -0.25) is 4.90 Å². The van der Waals surface area contributed by atoms with Crippen molar-refractivity contribution in [3.63, 3.8) is 0 Å². The Balaban J connectivity index is -0.0000000867. The molecular formula is C19H38F3NY. The summed E-state index contributed by atoms with van der Waals surface area (Å²) in [6.07, 6.45) is -4.07. The zero-order valence-electron chi connectivity index (χ0n) is 13.6. The van der Waals surface area contributed by atoms with Crippen LogP contribution in [0, 0.1) is 0 Å². The third-order valence-corrected chi connectivity index (χ3v) is 2.99. The van der Waals surface area contributed by atoms with Gasteiger partial charge in [-0.2, -0.15) is 13.2 Å². The normalized spacial score (nSPS) is 9.79. The monoisotopic (exact) mass is 426 g/mol. The van der Waals surface area contributed by atoms with Gasteiger partial charge in [0.2, 0.25) is 0 Å². The van der Waals surface area contributed by atoms with Crippen LogP contribution in [-0.4, -0.2) is 30.2 Å². The van der Waals surface area contributed by atoms with Crippen LogP contribution in [0.3, 0.4) is 0 Å². The minimum absolute atomic E-state index is 0. The molecule has 1 radical (unpaired) electrons. The van der Waals surface area contributed by atoms with Crippen LogP contribution in [-0.2, 0) is 32.7 Å². The molecule has 0 saturated heterocycles. The molecule has 0 spiro atoms. The van der Waals surface area contributed by atoms with E-state index in [1.165, 1.54) is 10.5 Å². The standard InChI is InChI=1S/C9H12.C7H14F3N.3CH4.Y/c1-8(2)9-6-4-3-5-7-9;1-4-11(6(2)3)5-7(8,9)10;;;;/h3-8H,1-2H3;6H,4-5H2,1-3H3;3*1H4;. The summed E-state index contributed by atoms with van der Waals surface area (Å²) in [6, 6.07) is 10.5. The van der Waals surface area contributed by atoms with Gasteiger partial charge in [0.15, 0.2) is 0 Å². The Morgan fingerprint density at radius 1 is 0.917 bits per heavy atom. The fourth-order valence-corrected chi connectivity index (χ4v) is 1.73. The number of benzene rings is 1. The van der Waals surface area contributed by atoms with Crippen molar-refractivity contribution in [3.8, 4) is 0 Å². The van der Waals surface area contributed by atoms with E-state index < -0.39 is 12.7 Å². The molecule has 5 heteroatoms. The van der Waals surface area contributed by atoms with Crippen molar-refractivity contribution in [2.24, 2.45) is 0 Å². The summed E-state index contributed by atoms with van der Waals surface area (Å²) >= 11 is 0. The van der Waals surface area contributed by atoms with Gasteiger partial charge in [0.05, 0.1) is 6.54 Å². The molecule has 1 aromatic carbocycles. The molecule has 0 aliphatic carbocycles. The van der Waals surface area contributed by atoms with Gasteiger partial charge in [0.25, 0.3) is 0 Å². The van der Waals surface area contributed by atoms with Gasteiger partial charge in [-0.05, 0) is 31.9 Å². The molecular weight excluding hydrogens is 388 g/mol. The molecule has 0 saturated carbocycles. The van der Waals surface area contributed by atoms with Gasteiger partial charge in [-0.25, -0.2) is 0 Å². The van der Waals surface area contributed by atoms with Crippen LogP contribution in [0.4, 0.5) is 13.2 Å². The maximum absolute atomic E-state index is 11.8. The third kappa shape index (κ3) is 18.4. The summed E-state index contributed by atoms with van der Waals surface area (Å²) in [5.41, 5.74) is 1.41. The Labute approximate surface area is 174 Å². The van der Waals surface area contributed by atoms with Crippen molar-refractivity contribution in [2.45, 2.75) is 75.0 Å². The molecule has 0 fully saturated rings. The average Bonchev–Trinajstić information content (AvgIpc) is 2.36. The fourth-order valence-electron chi connectivity index (χ4n) is 1.73. The van der Waals surface area contributed by atoms with Gasteiger partial charge >= 0.3 is 6.18 Å². The third-order valence-electron chi connectivity index (χ3n) is 2.99. The molecule has 0 aliphatic rings. The van der Waals surface area contributed by atoms with Crippen LogP contribution in [0.15, 0.2) is 30.3 Å². The molecule has 0 bridgehead atoms. The second-order valence-electron chi connectivity index (χ2n) is 5.34. The van der Waals surface area contributed by atoms with Crippen molar-refractivity contribution in [3.05, 3.63) is 35.9 Å². The number of rotatable bonds is 4. The van der Waals surface area contributed by atoms with Gasteiger partial charge in [0.1, 0.15) is 0 Å². The Bertz CT molecular complexity index is 351. The Hall–Kier alpha value is 0.0739. The summed E-state index contributed by atoms with van der Waals surface area (Å²) in [6.45, 7) is 9.29. The molecule has 0 unspecified atom stereocenters. The van der Waals surface area contributed by atoms with Crippen LogP contribution >= 0.6 is 0 Å². The predicted molar refractivity (Wildman–Crippen MR) is 99.2 cm³/mol. The van der Waals surface area contributed by atoms with Crippen LogP contribution in [0.1, 0.15) is 68.4 Å². The molecule has 0 atom stereocenters. The molecule has 1 rings (SSSR count). The minimum Gasteiger partial charge on any atom is -0.293 e. The molecule has 0 heterocycles. The van der Waals surface area contributed by atoms with E-state index in [0.717, 1.165) is 0 Å². The topological polar surface area (TPSA) is 3.24 Å². The first-order valence-corrected chi connectivity index (χ1v) is 7.03. The first-order chi connectivity index (χ1) is 9.17. The molecule has 24 heavy (non-hydrogen) atoms. The van der Waals surface area contributed by atoms with Gasteiger partial charge in [-0.1, -0.05) is 73.4 Å². The summed E-state index contributed by atoms with van der Waals surface area (Å²) in [5.74, 6) is 0.659. The largest absolute Gasteiger partial charge is 0.401 e. The molecule has 1 aromatic rings. The number of nitrogens with zero attached hydrogens (tertiary/aromatic N) is 1. The summed E-state index contributed by atoms with van der Waals surface area (Å²) in [4.78, 5) is 1.38. The summed E-state index contributed by atoms with van der Waals surface area (Å²) < 4.78 is 35.4. The second-order valence-corrected chi connectivity index (χ2v) is 5.34. The number of hydrogen-bond donors (Lipinski definition) is 0. The van der Waals surface area contributed by atoms with Crippen LogP contribution in [0.25, 0.3) is 0 Å². The van der Waals surface area contributed by atoms with E-state index in [1.807, 2.05) is 6.07 Å². The van der Waals surface area contributed by atoms with Crippen LogP contribution in [0.5, 0.6) is 0 Å². The van der Waals surface area contributed by atoms with E-state index in [0.29, 0.717) is 12.5 Å². The first kappa shape index (κ1) is 35.2. The van der Waals surface area contributed by atoms with E-state index in [2.05, 4.69) is 38.1 Å². The molecule has 0 N–H and O–H groups in total. The molecule has 0 aliphatic heterocycles. The van der Waals surface area contributed by atoms with E-state index in [-0.39, 0.29) is 61.0 Å². The maximum Gasteiger partial charge on any atom is 0.401 e. The van der Waals surface area contributed by atoms with E-state index in [9.17, 15) is 13.2 Å². The van der Waals surface area contributed by atoms with Crippen molar-refractivity contribution in [2.75, 3.05) is 13.1 Å². The molecule has 1 nitrogen and oxygen atoms in total. The SMILES string of the molecule is C.C.C.CC(C)c1ccccc1.CCN(CC(F)(F)F)C(C)C.[Y]. The average molecular weight is 426 g/mol. The van der Waals surface area contributed by atoms with Gasteiger partial charge < -0.3 is 0 Å². The molecule has 143 valence electrons. The molecule has 0 aromatic heterocycles. The Morgan fingerprint density at radius 2 is 1.33 bits per heavy atom. The quantitative estimate of drug-likeness (QED) is 0.501. The van der Waals surface area contributed by atoms with E-state index in [4.69, 9.17) is 0 Å². The Morgan fingerprint density at radius 3 is 1.50 bits per heavy atom. The zero-order chi connectivity index (χ0) is 15.8.